The summed E-state index contributed by atoms with van der Waals surface area (Å²) in [6.45, 7) is 1.03. The Labute approximate surface area is 125 Å². The van der Waals surface area contributed by atoms with Gasteiger partial charge in [0.2, 0.25) is 0 Å². The molecule has 21 heavy (non-hydrogen) atoms. The summed E-state index contributed by atoms with van der Waals surface area (Å²) < 4.78 is 28.3. The van der Waals surface area contributed by atoms with Gasteiger partial charge in [-0.05, 0) is 43.7 Å². The average molecular weight is 308 g/mol. The van der Waals surface area contributed by atoms with Crippen LogP contribution in [0.25, 0.3) is 6.08 Å². The minimum Gasteiger partial charge on any atom is -0.435 e. The van der Waals surface area contributed by atoms with Gasteiger partial charge < -0.3 is 4.74 Å². The summed E-state index contributed by atoms with van der Waals surface area (Å²) in [5, 5.41) is 0. The summed E-state index contributed by atoms with van der Waals surface area (Å²) in [6, 6.07) is 7.99. The van der Waals surface area contributed by atoms with Gasteiger partial charge in [0.25, 0.3) is 0 Å². The van der Waals surface area contributed by atoms with Gasteiger partial charge in [-0.2, -0.15) is 8.78 Å². The molecular formula is C16H14F2O2S. The number of aryl methyl sites for hydroxylation is 2. The Kier molecular flexibility index (Phi) is 4.85. The van der Waals surface area contributed by atoms with E-state index in [-0.39, 0.29) is 11.5 Å². The number of hydrogen-bond acceptors (Lipinski definition) is 3. The Bertz CT molecular complexity index is 657. The maximum atomic E-state index is 12.1. The van der Waals surface area contributed by atoms with Gasteiger partial charge >= 0.3 is 6.61 Å². The average Bonchev–Trinajstić information content (AvgIpc) is 2.76. The number of carbonyl (C=O) groups is 1. The first-order valence-corrected chi connectivity index (χ1v) is 7.11. The molecule has 110 valence electrons. The van der Waals surface area contributed by atoms with Crippen LogP contribution in [0.3, 0.4) is 0 Å². The Balaban J connectivity index is 2.07. The maximum Gasteiger partial charge on any atom is 0.387 e. The van der Waals surface area contributed by atoms with Crippen LogP contribution in [-0.4, -0.2) is 12.4 Å². The Hall–Kier alpha value is -2.01. The van der Waals surface area contributed by atoms with Crippen molar-refractivity contribution in [2.45, 2.75) is 20.5 Å². The van der Waals surface area contributed by atoms with Crippen molar-refractivity contribution in [2.75, 3.05) is 0 Å². The SMILES string of the molecule is Cc1cc(C(=O)/C=C/c2ccc(OC(F)F)cc2)c(C)s1. The van der Waals surface area contributed by atoms with E-state index >= 15 is 0 Å². The molecule has 0 N–H and O–H groups in total. The van der Waals surface area contributed by atoms with E-state index in [2.05, 4.69) is 4.74 Å². The maximum absolute atomic E-state index is 12.1. The molecule has 1 aromatic heterocycles. The highest BCUT2D eigenvalue weighted by atomic mass is 32.1. The molecule has 0 saturated carbocycles. The van der Waals surface area contributed by atoms with Crippen LogP contribution in [0, 0.1) is 13.8 Å². The summed E-state index contributed by atoms with van der Waals surface area (Å²) in [5.74, 6) is 0.0301. The first kappa shape index (κ1) is 15.4. The Morgan fingerprint density at radius 2 is 1.90 bits per heavy atom. The zero-order chi connectivity index (χ0) is 15.4. The smallest absolute Gasteiger partial charge is 0.387 e. The fourth-order valence-corrected chi connectivity index (χ4v) is 2.83. The largest absolute Gasteiger partial charge is 0.435 e. The number of benzene rings is 1. The van der Waals surface area contributed by atoms with E-state index in [0.717, 1.165) is 15.3 Å². The number of ketones is 1. The van der Waals surface area contributed by atoms with E-state index in [0.29, 0.717) is 5.56 Å². The molecule has 2 rings (SSSR count). The van der Waals surface area contributed by atoms with Crippen LogP contribution < -0.4 is 4.74 Å². The van der Waals surface area contributed by atoms with E-state index < -0.39 is 6.61 Å². The summed E-state index contributed by atoms with van der Waals surface area (Å²) in [4.78, 5) is 14.1. The van der Waals surface area contributed by atoms with Gasteiger partial charge in [0.05, 0.1) is 0 Å². The molecule has 0 spiro atoms. The number of rotatable bonds is 5. The van der Waals surface area contributed by atoms with Crippen LogP contribution >= 0.6 is 11.3 Å². The zero-order valence-electron chi connectivity index (χ0n) is 11.6. The third-order valence-corrected chi connectivity index (χ3v) is 3.80. The second kappa shape index (κ2) is 6.63. The third kappa shape index (κ3) is 4.23. The second-order valence-electron chi connectivity index (χ2n) is 4.47. The molecule has 0 radical (unpaired) electrons. The van der Waals surface area contributed by atoms with Crippen LogP contribution in [0.1, 0.15) is 25.7 Å². The minimum absolute atomic E-state index is 0.0650. The Morgan fingerprint density at radius 1 is 1.24 bits per heavy atom. The quantitative estimate of drug-likeness (QED) is 0.582. The second-order valence-corrected chi connectivity index (χ2v) is 5.93. The molecular weight excluding hydrogens is 294 g/mol. The van der Waals surface area contributed by atoms with Crippen molar-refractivity contribution >= 4 is 23.2 Å². The number of halogens is 2. The molecule has 2 nitrogen and oxygen atoms in total. The van der Waals surface area contributed by atoms with Gasteiger partial charge in [-0.25, -0.2) is 0 Å². The van der Waals surface area contributed by atoms with Crippen molar-refractivity contribution < 1.29 is 18.3 Å². The monoisotopic (exact) mass is 308 g/mol. The van der Waals surface area contributed by atoms with E-state index in [1.54, 1.807) is 29.5 Å². The van der Waals surface area contributed by atoms with Crippen LogP contribution in [0.4, 0.5) is 8.78 Å². The molecule has 5 heteroatoms. The van der Waals surface area contributed by atoms with E-state index in [1.165, 1.54) is 18.2 Å². The number of ether oxygens (including phenoxy) is 1. The molecule has 0 aliphatic heterocycles. The van der Waals surface area contributed by atoms with Crippen LogP contribution in [-0.2, 0) is 0 Å². The highest BCUT2D eigenvalue weighted by Gasteiger charge is 2.09. The fraction of sp³-hybridized carbons (Fsp3) is 0.188. The van der Waals surface area contributed by atoms with E-state index in [4.69, 9.17) is 0 Å². The van der Waals surface area contributed by atoms with Crippen molar-refractivity contribution in [1.82, 2.24) is 0 Å². The topological polar surface area (TPSA) is 26.3 Å². The molecule has 0 aliphatic rings. The minimum atomic E-state index is -2.84. The molecule has 0 saturated heterocycles. The summed E-state index contributed by atoms with van der Waals surface area (Å²) in [6.07, 6.45) is 3.14. The zero-order valence-corrected chi connectivity index (χ0v) is 12.4. The molecule has 0 bridgehead atoms. The van der Waals surface area contributed by atoms with Crippen LogP contribution in [0.2, 0.25) is 0 Å². The normalized spacial score (nSPS) is 11.3. The number of allylic oxidation sites excluding steroid dienone is 1. The summed E-state index contributed by atoms with van der Waals surface area (Å²) in [7, 11) is 0. The van der Waals surface area contributed by atoms with Gasteiger partial charge in [-0.15, -0.1) is 11.3 Å². The molecule has 2 aromatic rings. The summed E-state index contributed by atoms with van der Waals surface area (Å²) >= 11 is 1.58. The first-order chi connectivity index (χ1) is 9.95. The van der Waals surface area contributed by atoms with Gasteiger partial charge in [0.15, 0.2) is 5.78 Å². The molecule has 0 fully saturated rings. The highest BCUT2D eigenvalue weighted by Crippen LogP contribution is 2.22. The van der Waals surface area contributed by atoms with Crippen molar-refractivity contribution in [3.8, 4) is 5.75 Å². The molecule has 1 heterocycles. The lowest BCUT2D eigenvalue weighted by Crippen LogP contribution is -2.01. The Morgan fingerprint density at radius 3 is 2.43 bits per heavy atom. The van der Waals surface area contributed by atoms with Gasteiger partial charge in [-0.3, -0.25) is 4.79 Å². The van der Waals surface area contributed by atoms with E-state index in [1.807, 2.05) is 19.9 Å². The molecule has 0 unspecified atom stereocenters. The lowest BCUT2D eigenvalue weighted by atomic mass is 10.1. The molecule has 0 atom stereocenters. The van der Waals surface area contributed by atoms with Crippen LogP contribution in [0.15, 0.2) is 36.4 Å². The number of alkyl halides is 2. The third-order valence-electron chi connectivity index (χ3n) is 2.84. The molecule has 0 amide bonds. The molecule has 0 aliphatic carbocycles. The van der Waals surface area contributed by atoms with Crippen molar-refractivity contribution in [1.29, 1.82) is 0 Å². The summed E-state index contributed by atoms with van der Waals surface area (Å²) in [5.41, 5.74) is 1.45. The lowest BCUT2D eigenvalue weighted by molar-refractivity contribution is -0.0498. The molecule has 1 aromatic carbocycles. The predicted octanol–water partition coefficient (Wildman–Crippen LogP) is 4.86. The number of carbonyl (C=O) groups excluding carboxylic acids is 1. The highest BCUT2D eigenvalue weighted by molar-refractivity contribution is 7.12. The van der Waals surface area contributed by atoms with E-state index in [9.17, 15) is 13.6 Å². The number of hydrogen-bond donors (Lipinski definition) is 0. The first-order valence-electron chi connectivity index (χ1n) is 6.30. The number of thiophene rings is 1. The van der Waals surface area contributed by atoms with Crippen LogP contribution in [0.5, 0.6) is 5.75 Å². The van der Waals surface area contributed by atoms with Gasteiger partial charge in [-0.1, -0.05) is 18.2 Å². The van der Waals surface area contributed by atoms with Gasteiger partial charge in [0, 0.05) is 15.3 Å². The predicted molar refractivity (Wildman–Crippen MR) is 80.2 cm³/mol. The standard InChI is InChI=1S/C16H14F2O2S/c1-10-9-14(11(2)21-10)15(19)8-5-12-3-6-13(7-4-12)20-16(17)18/h3-9,16H,1-2H3/b8-5+. The van der Waals surface area contributed by atoms with Crippen molar-refractivity contribution in [3.63, 3.8) is 0 Å². The van der Waals surface area contributed by atoms with Gasteiger partial charge in [0.1, 0.15) is 5.75 Å². The van der Waals surface area contributed by atoms with Crippen molar-refractivity contribution in [3.05, 3.63) is 57.3 Å². The fourth-order valence-electron chi connectivity index (χ4n) is 1.90. The van der Waals surface area contributed by atoms with Crippen molar-refractivity contribution in [2.24, 2.45) is 0 Å². The lowest BCUT2D eigenvalue weighted by Gasteiger charge is -2.03.